The Morgan fingerprint density at radius 3 is 2.75 bits per heavy atom. The highest BCUT2D eigenvalue weighted by Gasteiger charge is 2.44. The third-order valence-corrected chi connectivity index (χ3v) is 5.98. The van der Waals surface area contributed by atoms with Gasteiger partial charge in [-0.25, -0.2) is 4.79 Å². The first-order chi connectivity index (χ1) is 15.4. The molecule has 0 radical (unpaired) electrons. The van der Waals surface area contributed by atoms with Gasteiger partial charge in [0.1, 0.15) is 6.54 Å². The van der Waals surface area contributed by atoms with Crippen LogP contribution >= 0.6 is 23.2 Å². The average Bonchev–Trinajstić information content (AvgIpc) is 3.08. The van der Waals surface area contributed by atoms with Crippen LogP contribution in [0.4, 0.5) is 4.79 Å². The van der Waals surface area contributed by atoms with Gasteiger partial charge in [0, 0.05) is 22.8 Å². The van der Waals surface area contributed by atoms with Crippen molar-refractivity contribution in [2.45, 2.75) is 19.5 Å². The minimum atomic E-state index is -0.723. The number of nitrogens with one attached hydrogen (secondary N) is 2. The Morgan fingerprint density at radius 1 is 1.25 bits per heavy atom. The highest BCUT2D eigenvalue weighted by Crippen LogP contribution is 2.39. The van der Waals surface area contributed by atoms with Crippen LogP contribution in [0, 0.1) is 0 Å². The molecule has 2 aliphatic heterocycles. The maximum absolute atomic E-state index is 13.3. The summed E-state index contributed by atoms with van der Waals surface area (Å²) in [6, 6.07) is 9.30. The maximum atomic E-state index is 13.3. The van der Waals surface area contributed by atoms with Gasteiger partial charge in [0.2, 0.25) is 5.91 Å². The normalized spacial score (nSPS) is 18.0. The fraction of sp³-hybridized carbons (Fsp3) is 0.273. The fourth-order valence-corrected chi connectivity index (χ4v) is 4.42. The van der Waals surface area contributed by atoms with Gasteiger partial charge in [-0.2, -0.15) is 0 Å². The first-order valence-corrected chi connectivity index (χ1v) is 10.9. The highest BCUT2D eigenvalue weighted by atomic mass is 35.5. The van der Waals surface area contributed by atoms with E-state index in [1.54, 1.807) is 36.5 Å². The molecule has 8 nitrogen and oxygen atoms in total. The van der Waals surface area contributed by atoms with Crippen LogP contribution in [0.5, 0.6) is 0 Å². The number of hydrogen-bond donors (Lipinski definition) is 2. The van der Waals surface area contributed by atoms with Crippen LogP contribution in [-0.4, -0.2) is 52.3 Å². The Kier molecular flexibility index (Phi) is 6.34. The maximum Gasteiger partial charge on any atom is 0.322 e. The van der Waals surface area contributed by atoms with Crippen molar-refractivity contribution in [1.29, 1.82) is 0 Å². The van der Waals surface area contributed by atoms with Gasteiger partial charge in [-0.05, 0) is 36.8 Å². The fourth-order valence-electron chi connectivity index (χ4n) is 3.90. The van der Waals surface area contributed by atoms with Crippen LogP contribution in [-0.2, 0) is 16.1 Å². The van der Waals surface area contributed by atoms with Crippen molar-refractivity contribution >= 4 is 41.0 Å². The van der Waals surface area contributed by atoms with Gasteiger partial charge in [-0.15, -0.1) is 0 Å². The lowest BCUT2D eigenvalue weighted by Crippen LogP contribution is -2.47. The van der Waals surface area contributed by atoms with E-state index in [-0.39, 0.29) is 37.5 Å². The number of amides is 4. The standard InChI is InChI=1S/C22H21Cl2N5O3/c1-2-29-17-11-28(12-18(30)26-10-14-5-3-4-8-25-14)21(31)19(17)20(27-22(29)32)15-7-6-13(23)9-16(15)24/h3-9,20H,2,10-12H2,1H3,(H,26,30)(H,27,32). The van der Waals surface area contributed by atoms with Gasteiger partial charge in [0.05, 0.1) is 36.1 Å². The molecule has 0 aliphatic carbocycles. The van der Waals surface area contributed by atoms with E-state index in [1.165, 1.54) is 9.80 Å². The molecule has 3 heterocycles. The molecule has 1 aromatic carbocycles. The summed E-state index contributed by atoms with van der Waals surface area (Å²) in [5, 5.41) is 6.44. The first kappa shape index (κ1) is 22.1. The van der Waals surface area contributed by atoms with Crippen molar-refractivity contribution in [2.24, 2.45) is 0 Å². The van der Waals surface area contributed by atoms with E-state index >= 15 is 0 Å². The molecule has 1 aromatic heterocycles. The smallest absolute Gasteiger partial charge is 0.322 e. The minimum absolute atomic E-state index is 0.133. The van der Waals surface area contributed by atoms with Gasteiger partial charge in [0.15, 0.2) is 0 Å². The molecule has 0 saturated carbocycles. The second kappa shape index (κ2) is 9.18. The summed E-state index contributed by atoms with van der Waals surface area (Å²) in [6.07, 6.45) is 1.65. The zero-order valence-electron chi connectivity index (χ0n) is 17.3. The summed E-state index contributed by atoms with van der Waals surface area (Å²) in [7, 11) is 0. The molecule has 4 amide bonds. The van der Waals surface area contributed by atoms with Crippen molar-refractivity contribution < 1.29 is 14.4 Å². The number of aromatic nitrogens is 1. The molecule has 0 spiro atoms. The van der Waals surface area contributed by atoms with Gasteiger partial charge < -0.3 is 15.5 Å². The average molecular weight is 474 g/mol. The van der Waals surface area contributed by atoms with Crippen LogP contribution < -0.4 is 10.6 Å². The van der Waals surface area contributed by atoms with Crippen molar-refractivity contribution in [1.82, 2.24) is 25.4 Å². The molecule has 32 heavy (non-hydrogen) atoms. The zero-order chi connectivity index (χ0) is 22.8. The van der Waals surface area contributed by atoms with E-state index in [1.807, 2.05) is 13.0 Å². The molecule has 0 fully saturated rings. The third-order valence-electron chi connectivity index (χ3n) is 5.41. The lowest BCUT2D eigenvalue weighted by molar-refractivity contribution is -0.132. The summed E-state index contributed by atoms with van der Waals surface area (Å²) in [5.74, 6) is -0.630. The molecular formula is C22H21Cl2N5O3. The van der Waals surface area contributed by atoms with Crippen molar-refractivity contribution in [3.63, 3.8) is 0 Å². The molecule has 0 bridgehead atoms. The van der Waals surface area contributed by atoms with E-state index in [2.05, 4.69) is 15.6 Å². The van der Waals surface area contributed by atoms with Gasteiger partial charge >= 0.3 is 6.03 Å². The number of benzene rings is 1. The number of halogens is 2. The van der Waals surface area contributed by atoms with E-state index in [4.69, 9.17) is 23.2 Å². The number of carbonyl (C=O) groups is 3. The second-order valence-corrected chi connectivity index (χ2v) is 8.26. The highest BCUT2D eigenvalue weighted by molar-refractivity contribution is 6.35. The van der Waals surface area contributed by atoms with Crippen LogP contribution in [0.3, 0.4) is 0 Å². The monoisotopic (exact) mass is 473 g/mol. The summed E-state index contributed by atoms with van der Waals surface area (Å²) < 4.78 is 0. The number of rotatable bonds is 6. The molecule has 2 N–H and O–H groups in total. The Hall–Kier alpha value is -3.10. The lowest BCUT2D eigenvalue weighted by atomic mass is 9.95. The van der Waals surface area contributed by atoms with E-state index < -0.39 is 6.04 Å². The minimum Gasteiger partial charge on any atom is -0.349 e. The van der Waals surface area contributed by atoms with Crippen molar-refractivity contribution in [3.8, 4) is 0 Å². The molecule has 2 aromatic rings. The molecule has 1 unspecified atom stereocenters. The quantitative estimate of drug-likeness (QED) is 0.674. The Morgan fingerprint density at radius 2 is 2.06 bits per heavy atom. The summed E-state index contributed by atoms with van der Waals surface area (Å²) in [6.45, 7) is 2.50. The molecule has 0 saturated heterocycles. The van der Waals surface area contributed by atoms with E-state index in [0.29, 0.717) is 33.4 Å². The Bertz CT molecular complexity index is 1110. The first-order valence-electron chi connectivity index (χ1n) is 10.1. The topological polar surface area (TPSA) is 94.6 Å². The van der Waals surface area contributed by atoms with Crippen LogP contribution in [0.15, 0.2) is 53.9 Å². The molecule has 10 heteroatoms. The van der Waals surface area contributed by atoms with Crippen molar-refractivity contribution in [2.75, 3.05) is 19.6 Å². The number of pyridine rings is 1. The Labute approximate surface area is 195 Å². The number of nitrogens with zero attached hydrogens (tertiary/aromatic N) is 3. The third kappa shape index (κ3) is 4.28. The van der Waals surface area contributed by atoms with E-state index in [0.717, 1.165) is 5.69 Å². The molecule has 2 aliphatic rings. The number of likely N-dealkylation sites (N-methyl/N-ethyl adjacent to an activating group) is 1. The van der Waals surface area contributed by atoms with E-state index in [9.17, 15) is 14.4 Å². The van der Waals surface area contributed by atoms with Gasteiger partial charge in [-0.3, -0.25) is 19.5 Å². The molecule has 4 rings (SSSR count). The SMILES string of the molecule is CCN1C(=O)NC(c2ccc(Cl)cc2Cl)C2=C1CN(CC(=O)NCc1ccccn1)C2=O. The lowest BCUT2D eigenvalue weighted by Gasteiger charge is -2.33. The zero-order valence-corrected chi connectivity index (χ0v) is 18.8. The molecular weight excluding hydrogens is 453 g/mol. The number of urea groups is 1. The van der Waals surface area contributed by atoms with Crippen LogP contribution in [0.2, 0.25) is 10.0 Å². The van der Waals surface area contributed by atoms with Gasteiger partial charge in [0.25, 0.3) is 5.91 Å². The largest absolute Gasteiger partial charge is 0.349 e. The summed E-state index contributed by atoms with van der Waals surface area (Å²) >= 11 is 12.4. The second-order valence-electron chi connectivity index (χ2n) is 7.41. The predicted octanol–water partition coefficient (Wildman–Crippen LogP) is 2.89. The van der Waals surface area contributed by atoms with Crippen molar-refractivity contribution in [3.05, 3.63) is 75.2 Å². The molecule has 1 atom stereocenters. The summed E-state index contributed by atoms with van der Waals surface area (Å²) in [4.78, 5) is 45.6. The number of hydrogen-bond acceptors (Lipinski definition) is 4. The van der Waals surface area contributed by atoms with Crippen LogP contribution in [0.25, 0.3) is 0 Å². The number of carbonyl (C=O) groups excluding carboxylic acids is 3. The summed E-state index contributed by atoms with van der Waals surface area (Å²) in [5.41, 5.74) is 2.28. The predicted molar refractivity (Wildman–Crippen MR) is 120 cm³/mol. The van der Waals surface area contributed by atoms with Gasteiger partial charge in [-0.1, -0.05) is 35.3 Å². The molecule has 166 valence electrons. The van der Waals surface area contributed by atoms with Crippen LogP contribution in [0.1, 0.15) is 24.2 Å². The Balaban J connectivity index is 1.55.